The van der Waals surface area contributed by atoms with Crippen molar-refractivity contribution in [2.75, 3.05) is 12.3 Å². The van der Waals surface area contributed by atoms with Gasteiger partial charge in [0, 0.05) is 11.6 Å². The molecule has 1 N–H and O–H groups in total. The lowest BCUT2D eigenvalue weighted by atomic mass is 10.0. The molecular formula is C23H18NO6-. The molecule has 152 valence electrons. The normalized spacial score (nSPS) is 10.8. The number of methoxy groups -OCH3 is 1. The number of rotatable bonds is 6. The van der Waals surface area contributed by atoms with Gasteiger partial charge in [0.15, 0.2) is 0 Å². The minimum absolute atomic E-state index is 0.136. The van der Waals surface area contributed by atoms with Crippen LogP contribution in [0.2, 0.25) is 0 Å². The zero-order chi connectivity index (χ0) is 21.1. The van der Waals surface area contributed by atoms with Crippen molar-refractivity contribution >= 4 is 16.7 Å². The average molecular weight is 404 g/mol. The number of anilines is 1. The van der Waals surface area contributed by atoms with Gasteiger partial charge >= 0.3 is 0 Å². The summed E-state index contributed by atoms with van der Waals surface area (Å²) in [5.74, 6) is 1.13. The van der Waals surface area contributed by atoms with Crippen LogP contribution in [0.5, 0.6) is 11.5 Å². The molecule has 4 aromatic rings. The van der Waals surface area contributed by atoms with E-state index in [2.05, 4.69) is 0 Å². The first-order valence-corrected chi connectivity index (χ1v) is 9.13. The molecular weight excluding hydrogens is 386 g/mol. The third kappa shape index (κ3) is 3.84. The fourth-order valence-corrected chi connectivity index (χ4v) is 3.14. The predicted octanol–water partition coefficient (Wildman–Crippen LogP) is 4.74. The molecule has 0 radical (unpaired) electrons. The monoisotopic (exact) mass is 404 g/mol. The molecule has 0 unspecified atom stereocenters. The van der Waals surface area contributed by atoms with Crippen LogP contribution in [0.25, 0.3) is 22.1 Å². The van der Waals surface area contributed by atoms with Crippen molar-refractivity contribution in [3.63, 3.8) is 0 Å². The Morgan fingerprint density at radius 2 is 1.80 bits per heavy atom. The quantitative estimate of drug-likeness (QED) is 0.464. The highest BCUT2D eigenvalue weighted by molar-refractivity contribution is 5.83. The maximum atomic E-state index is 13.0. The second kappa shape index (κ2) is 8.28. The Labute approximate surface area is 171 Å². The summed E-state index contributed by atoms with van der Waals surface area (Å²) in [6, 6.07) is 18.6. The fraction of sp³-hybridized carbons (Fsp3) is 0.0870. The van der Waals surface area contributed by atoms with Gasteiger partial charge in [-0.2, -0.15) is 0 Å². The van der Waals surface area contributed by atoms with E-state index in [0.717, 1.165) is 5.56 Å². The van der Waals surface area contributed by atoms with Gasteiger partial charge in [-0.3, -0.25) is 10.0 Å². The summed E-state index contributed by atoms with van der Waals surface area (Å²) in [7, 11) is 1.55. The van der Waals surface area contributed by atoms with Gasteiger partial charge in [0.25, 0.3) is 0 Å². The zero-order valence-electron chi connectivity index (χ0n) is 16.1. The van der Waals surface area contributed by atoms with E-state index < -0.39 is 0 Å². The standard InChI is InChI=1S/C23H18NO6/c1-28-21-5-3-2-4-18(21)20-14-30-22-12-17(10-11-19(22)23(20)25)29-13-15-6-8-16(9-7-15)24(26)27/h2-12,14,26H,13H2,1H3/q-1. The maximum absolute atomic E-state index is 13.0. The van der Waals surface area contributed by atoms with Gasteiger partial charge in [-0.25, -0.2) is 0 Å². The maximum Gasteiger partial charge on any atom is 0.200 e. The van der Waals surface area contributed by atoms with Crippen molar-refractivity contribution < 1.29 is 19.1 Å². The first kappa shape index (κ1) is 19.5. The van der Waals surface area contributed by atoms with Crippen LogP contribution in [0.3, 0.4) is 0 Å². The summed E-state index contributed by atoms with van der Waals surface area (Å²) in [5.41, 5.74) is 2.29. The topological polar surface area (TPSA) is 95.2 Å². The van der Waals surface area contributed by atoms with Gasteiger partial charge in [-0.05, 0) is 35.9 Å². The van der Waals surface area contributed by atoms with Crippen LogP contribution >= 0.6 is 0 Å². The van der Waals surface area contributed by atoms with Crippen LogP contribution in [0.4, 0.5) is 5.69 Å². The number of fused-ring (bicyclic) bond motifs is 1. The molecule has 0 atom stereocenters. The lowest BCUT2D eigenvalue weighted by Crippen LogP contribution is -2.07. The SMILES string of the molecule is COc1ccccc1-c1coc2cc(OCc3ccc(N([O-])O)cc3)ccc2c1=O. The number of benzene rings is 3. The van der Waals surface area contributed by atoms with Gasteiger partial charge in [-0.1, -0.05) is 30.3 Å². The first-order chi connectivity index (χ1) is 14.6. The van der Waals surface area contributed by atoms with Crippen LogP contribution in [0, 0.1) is 5.21 Å². The Hall–Kier alpha value is -3.81. The van der Waals surface area contributed by atoms with Crippen molar-refractivity contribution in [3.8, 4) is 22.6 Å². The molecule has 0 bridgehead atoms. The fourth-order valence-electron chi connectivity index (χ4n) is 3.14. The first-order valence-electron chi connectivity index (χ1n) is 9.13. The summed E-state index contributed by atoms with van der Waals surface area (Å²) in [6.45, 7) is 0.250. The van der Waals surface area contributed by atoms with Crippen LogP contribution < -0.4 is 20.1 Å². The van der Waals surface area contributed by atoms with Crippen molar-refractivity contribution in [2.24, 2.45) is 0 Å². The highest BCUT2D eigenvalue weighted by Crippen LogP contribution is 2.29. The summed E-state index contributed by atoms with van der Waals surface area (Å²) in [4.78, 5) is 13.0. The molecule has 0 aliphatic rings. The molecule has 0 saturated heterocycles. The van der Waals surface area contributed by atoms with E-state index in [1.54, 1.807) is 43.5 Å². The van der Waals surface area contributed by atoms with Crippen molar-refractivity contribution in [2.45, 2.75) is 6.61 Å². The molecule has 0 fully saturated rings. The molecule has 30 heavy (non-hydrogen) atoms. The van der Waals surface area contributed by atoms with E-state index in [-0.39, 0.29) is 22.9 Å². The van der Waals surface area contributed by atoms with Gasteiger partial charge < -0.3 is 24.3 Å². The van der Waals surface area contributed by atoms with Crippen molar-refractivity contribution in [1.29, 1.82) is 0 Å². The molecule has 0 saturated carbocycles. The van der Waals surface area contributed by atoms with E-state index >= 15 is 0 Å². The van der Waals surface area contributed by atoms with Crippen molar-refractivity contribution in [1.82, 2.24) is 0 Å². The van der Waals surface area contributed by atoms with E-state index in [1.165, 1.54) is 18.4 Å². The van der Waals surface area contributed by atoms with E-state index in [4.69, 9.17) is 19.1 Å². The summed E-state index contributed by atoms with van der Waals surface area (Å²) in [6.07, 6.45) is 1.43. The Balaban J connectivity index is 1.58. The smallest absolute Gasteiger partial charge is 0.200 e. The number of hydrogen-bond acceptors (Lipinski definition) is 7. The van der Waals surface area contributed by atoms with Crippen LogP contribution in [0.15, 0.2) is 82.2 Å². The van der Waals surface area contributed by atoms with E-state index in [1.807, 2.05) is 18.2 Å². The molecule has 7 heteroatoms. The highest BCUT2D eigenvalue weighted by Gasteiger charge is 2.13. The summed E-state index contributed by atoms with van der Waals surface area (Å²) < 4.78 is 16.8. The Morgan fingerprint density at radius 3 is 2.53 bits per heavy atom. The molecule has 0 aliphatic heterocycles. The second-order valence-corrected chi connectivity index (χ2v) is 6.56. The lowest BCUT2D eigenvalue weighted by molar-refractivity contribution is 0.295. The largest absolute Gasteiger partial charge is 0.733 e. The third-order valence-corrected chi connectivity index (χ3v) is 4.71. The van der Waals surface area contributed by atoms with Crippen LogP contribution in [-0.2, 0) is 6.61 Å². The van der Waals surface area contributed by atoms with Gasteiger partial charge in [0.2, 0.25) is 5.43 Å². The van der Waals surface area contributed by atoms with E-state index in [9.17, 15) is 10.0 Å². The molecule has 7 nitrogen and oxygen atoms in total. The summed E-state index contributed by atoms with van der Waals surface area (Å²) in [5, 5.41) is 19.9. The van der Waals surface area contributed by atoms with E-state index in [0.29, 0.717) is 33.6 Å². The Bertz CT molecular complexity index is 1230. The molecule has 0 aliphatic carbocycles. The van der Waals surface area contributed by atoms with Crippen LogP contribution in [0.1, 0.15) is 5.56 Å². The molecule has 4 rings (SSSR count). The summed E-state index contributed by atoms with van der Waals surface area (Å²) >= 11 is 0. The number of para-hydroxylation sites is 1. The van der Waals surface area contributed by atoms with Crippen molar-refractivity contribution in [3.05, 3.63) is 94.0 Å². The average Bonchev–Trinajstić information content (AvgIpc) is 2.78. The van der Waals surface area contributed by atoms with Gasteiger partial charge in [-0.15, -0.1) is 0 Å². The predicted molar refractivity (Wildman–Crippen MR) is 113 cm³/mol. The Kier molecular flexibility index (Phi) is 5.38. The third-order valence-electron chi connectivity index (χ3n) is 4.71. The highest BCUT2D eigenvalue weighted by atomic mass is 16.8. The number of nitrogens with zero attached hydrogens (tertiary/aromatic N) is 1. The number of ether oxygens (including phenoxy) is 2. The van der Waals surface area contributed by atoms with Crippen LogP contribution in [-0.4, -0.2) is 12.3 Å². The second-order valence-electron chi connectivity index (χ2n) is 6.56. The van der Waals surface area contributed by atoms with Gasteiger partial charge in [0.1, 0.15) is 30.0 Å². The molecule has 1 aromatic heterocycles. The minimum Gasteiger partial charge on any atom is -0.733 e. The molecule has 1 heterocycles. The van der Waals surface area contributed by atoms with Gasteiger partial charge in [0.05, 0.1) is 23.7 Å². The minimum atomic E-state index is -0.199. The Morgan fingerprint density at radius 1 is 1.03 bits per heavy atom. The molecule has 0 spiro atoms. The zero-order valence-corrected chi connectivity index (χ0v) is 16.1. The lowest BCUT2D eigenvalue weighted by Gasteiger charge is -2.21. The molecule has 3 aromatic carbocycles. The molecule has 0 amide bonds. The number of hydrogen-bond donors (Lipinski definition) is 1.